The standard InChI is InChI=1S/C32H31N3O6S.C28H24BrN3O6S.C24H23N3O5S.C4H7.BrH.Zn/c1-21-17-29(30(40-3)19-27(21)23-5-4-6-23)35-28-13-12-26(18-24(28)9-14-32(35)36)42(37,38)34(31-15-16-41-33-31)20-22-7-10-25(39-2)11-8-22;1-18-14-25(26(37-3)16-23(18)29)32-24-10-9-22(15-20(24)6-11-28(32)33)39(34,35)31(27-12-13-38-30-27)17-19-4-7-21(36-2)8-5-19;1-15-12-21(22(31-2)14-19(15)16-4-3-5-16)27-20-8-7-18(13-17(20)6-9-24(27)28)33(29,30)26-23-10-11-32-25-23;1-2-4-3-1;;/h7-19,23H,4-6,20H2,1-3H3;4-16H,17H2,1-3H3;6-14,16H,3-5H2,1-2H3,(H,25,26);1H,2-4H2;1H;/q;;;-1;;+2/p-1. The van der Waals surface area contributed by atoms with Gasteiger partial charge < -0.3 is 43.7 Å². The topological polar surface area (TPSA) is 311 Å². The third kappa shape index (κ3) is 18.7. The van der Waals surface area contributed by atoms with Crippen LogP contribution in [0.2, 0.25) is 0 Å². The van der Waals surface area contributed by atoms with Crippen molar-refractivity contribution in [2.75, 3.05) is 48.9 Å². The van der Waals surface area contributed by atoms with Crippen LogP contribution in [0.1, 0.15) is 109 Å². The van der Waals surface area contributed by atoms with E-state index in [0.717, 1.165) is 58.0 Å². The molecule has 8 aromatic carbocycles. The Morgan fingerprint density at radius 2 is 0.800 bits per heavy atom. The van der Waals surface area contributed by atoms with Crippen LogP contribution in [0.4, 0.5) is 17.5 Å². The van der Waals surface area contributed by atoms with Crippen molar-refractivity contribution in [3.05, 3.63) is 294 Å². The predicted molar refractivity (Wildman–Crippen MR) is 464 cm³/mol. The molecule has 3 fully saturated rings. The Kier molecular flexibility index (Phi) is 27.5. The van der Waals surface area contributed by atoms with Crippen LogP contribution in [0.3, 0.4) is 0 Å². The van der Waals surface area contributed by atoms with E-state index < -0.39 is 30.1 Å². The summed E-state index contributed by atoms with van der Waals surface area (Å²) >= 11 is 7.75. The summed E-state index contributed by atoms with van der Waals surface area (Å²) in [5.41, 5.74) is 9.82. The van der Waals surface area contributed by atoms with Crippen molar-refractivity contribution in [1.82, 2.24) is 29.2 Å². The Balaban J connectivity index is 0.000000151. The van der Waals surface area contributed by atoms with Gasteiger partial charge in [0, 0.05) is 57.0 Å². The van der Waals surface area contributed by atoms with E-state index in [1.54, 1.807) is 141 Å². The molecule has 3 aliphatic carbocycles. The number of halogens is 2. The number of pyridine rings is 3. The van der Waals surface area contributed by atoms with Gasteiger partial charge in [0.2, 0.25) is 0 Å². The molecule has 0 bridgehead atoms. The zero-order chi connectivity index (χ0) is 85.2. The normalized spacial score (nSPS) is 13.3. The second-order valence-electron chi connectivity index (χ2n) is 28.6. The molecule has 0 unspecified atom stereocenters. The number of benzene rings is 8. The third-order valence-corrected chi connectivity index (χ3v) is 27.0. The molecule has 618 valence electrons. The molecule has 0 radical (unpaired) electrons. The summed E-state index contributed by atoms with van der Waals surface area (Å²) in [7, 11) is -4.18. The van der Waals surface area contributed by atoms with Gasteiger partial charge >= 0.3 is 30.0 Å². The van der Waals surface area contributed by atoms with Crippen molar-refractivity contribution < 1.29 is 78.8 Å². The molecule has 0 atom stereocenters. The first-order valence-corrected chi connectivity index (χ1v) is 50.3. The van der Waals surface area contributed by atoms with Crippen molar-refractivity contribution in [1.29, 1.82) is 0 Å². The van der Waals surface area contributed by atoms with E-state index in [1.807, 2.05) is 44.2 Å². The van der Waals surface area contributed by atoms with E-state index in [9.17, 15) is 39.6 Å². The molecule has 26 nitrogen and oxygen atoms in total. The Morgan fingerprint density at radius 3 is 1.13 bits per heavy atom. The second-order valence-corrected chi connectivity index (χ2v) is 34.9. The Labute approximate surface area is 718 Å². The van der Waals surface area contributed by atoms with E-state index >= 15 is 0 Å². The van der Waals surface area contributed by atoms with Crippen molar-refractivity contribution in [2.24, 2.45) is 0 Å². The minimum absolute atomic E-state index is 0.0196. The van der Waals surface area contributed by atoms with Gasteiger partial charge in [-0.1, -0.05) is 68.5 Å². The number of rotatable bonds is 23. The molecule has 6 aromatic heterocycles. The van der Waals surface area contributed by atoms with E-state index in [4.69, 9.17) is 32.7 Å². The molecule has 0 aliphatic heterocycles. The van der Waals surface area contributed by atoms with Gasteiger partial charge in [-0.3, -0.25) is 32.8 Å². The van der Waals surface area contributed by atoms with Gasteiger partial charge in [0.05, 0.1) is 96.9 Å². The van der Waals surface area contributed by atoms with Gasteiger partial charge in [-0.2, -0.15) is 12.8 Å². The first-order valence-electron chi connectivity index (χ1n) is 38.2. The minimum atomic E-state index is -4.08. The first-order chi connectivity index (χ1) is 57.9. The summed E-state index contributed by atoms with van der Waals surface area (Å²) < 4.78 is 134. The van der Waals surface area contributed by atoms with Crippen molar-refractivity contribution in [3.63, 3.8) is 0 Å². The van der Waals surface area contributed by atoms with Crippen molar-refractivity contribution in [3.8, 4) is 45.8 Å². The van der Waals surface area contributed by atoms with Crippen molar-refractivity contribution >= 4 is 110 Å². The van der Waals surface area contributed by atoms with Crippen LogP contribution in [0, 0.1) is 27.2 Å². The molecule has 0 spiro atoms. The molecule has 3 saturated carbocycles. The average Bonchev–Trinajstić information content (AvgIpc) is 1.67. The van der Waals surface area contributed by atoms with E-state index in [-0.39, 0.29) is 61.9 Å². The number of nitrogens with zero attached hydrogens (tertiary/aromatic N) is 8. The van der Waals surface area contributed by atoms with Gasteiger partial charge in [0.25, 0.3) is 46.7 Å². The number of fused-ring (bicyclic) bond motifs is 3. The number of aryl methyl sites for hydroxylation is 3. The zero-order valence-electron chi connectivity index (χ0n) is 66.9. The molecule has 14 aromatic rings. The summed E-state index contributed by atoms with van der Waals surface area (Å²) in [6, 6.07) is 53.4. The Hall–Kier alpha value is -11.1. The van der Waals surface area contributed by atoms with Crippen LogP contribution >= 0.6 is 29.6 Å². The van der Waals surface area contributed by atoms with Gasteiger partial charge in [0.1, 0.15) is 47.5 Å². The van der Waals surface area contributed by atoms with Gasteiger partial charge in [-0.15, -0.1) is 6.42 Å². The number of nitrogens with one attached hydrogen (secondary N) is 1. The summed E-state index contributed by atoms with van der Waals surface area (Å²) in [4.78, 5) is 39.4. The summed E-state index contributed by atoms with van der Waals surface area (Å²) in [6.07, 6.45) is 17.5. The predicted octanol–water partition coefficient (Wildman–Crippen LogP) is 18.0. The third-order valence-electron chi connectivity index (χ3n) is 21.3. The van der Waals surface area contributed by atoms with Crippen LogP contribution in [0.5, 0.6) is 28.7 Å². The molecule has 1 N–H and O–H groups in total. The fourth-order valence-corrected chi connectivity index (χ4v) is 18.4. The maximum absolute atomic E-state index is 14.0. The van der Waals surface area contributed by atoms with Gasteiger partial charge in [0.15, 0.2) is 17.5 Å². The number of methoxy groups -OCH3 is 5. The molecule has 0 saturated heterocycles. The maximum atomic E-state index is 14.0. The molecule has 3 aliphatic rings. The van der Waals surface area contributed by atoms with Gasteiger partial charge in [-0.05, 0) is 231 Å². The first kappa shape index (κ1) is 86.7. The molecule has 17 rings (SSSR count). The van der Waals surface area contributed by atoms with Crippen LogP contribution in [0.15, 0.2) is 260 Å². The van der Waals surface area contributed by atoms with Crippen LogP contribution < -0.4 is 53.7 Å². The number of aromatic nitrogens is 6. The Bertz CT molecular complexity index is 6560. The number of hydrogen-bond donors (Lipinski definition) is 1. The van der Waals surface area contributed by atoms with Crippen molar-refractivity contribution in [2.45, 2.75) is 118 Å². The summed E-state index contributed by atoms with van der Waals surface area (Å²) in [6.45, 7) is 6.06. The molecular weight excluding hydrogens is 1780 g/mol. The molecule has 120 heavy (non-hydrogen) atoms. The number of hydrogen-bond acceptors (Lipinski definition) is 20. The monoisotopic (exact) mass is 1860 g/mol. The van der Waals surface area contributed by atoms with Crippen LogP contribution in [0.25, 0.3) is 49.8 Å². The molecule has 6 heterocycles. The second kappa shape index (κ2) is 38.1. The zero-order valence-corrected chi connectivity index (χ0v) is 75.5. The molecule has 32 heteroatoms. The van der Waals surface area contributed by atoms with Crippen LogP contribution in [-0.4, -0.2) is 90.0 Å². The van der Waals surface area contributed by atoms with E-state index in [1.165, 1.54) is 159 Å². The van der Waals surface area contributed by atoms with E-state index in [2.05, 4.69) is 67.6 Å². The summed E-state index contributed by atoms with van der Waals surface area (Å²) in [5, 5.41) is 13.1. The quantitative estimate of drug-likeness (QED) is 0.0459. The SMILES string of the molecule is COc1cc(C2CCC2)c(C)cc1-n1c(=O)ccc2cc(S(=O)(=O)Nc3ccon3)ccc21.COc1ccc(CN(c2ccon2)S(=O)(=O)c2ccc3c(ccc(=O)n3-c3cc(C)c(Br)cc3OC)c2)cc1.COc1ccc(CN(c2ccon2)S(=O)(=O)c2ccc3c(ccc(=O)n3-c3cc(C)c(C4CCC4)cc3OC)c2)cc1.[CH-]1CCC1.[Zn+][Br]. The fourth-order valence-electron chi connectivity index (χ4n) is 14.2. The molecule has 0 amide bonds. The fraction of sp³-hybridized carbons (Fsp3) is 0.239. The summed E-state index contributed by atoms with van der Waals surface area (Å²) in [5.74, 6) is 4.47. The molecular formula is C88H85Br2N9O17S3Zn. The van der Waals surface area contributed by atoms with Gasteiger partial charge in [-0.25, -0.2) is 33.9 Å². The average molecular weight is 1860 g/mol. The number of anilines is 3. The number of sulfonamides is 3. The van der Waals surface area contributed by atoms with E-state index in [0.29, 0.717) is 90.4 Å². The Morgan fingerprint density at radius 1 is 0.442 bits per heavy atom. The van der Waals surface area contributed by atoms with Crippen LogP contribution in [-0.2, 0) is 59.5 Å². The number of ether oxygens (including phenoxy) is 5.